The zero-order valence-corrected chi connectivity index (χ0v) is 11.9. The Balaban J connectivity index is 2.46. The number of nitrogens with zero attached hydrogens (tertiary/aromatic N) is 1. The van der Waals surface area contributed by atoms with Crippen LogP contribution < -0.4 is 5.73 Å². The number of hydrogen-bond donors (Lipinski definition) is 1. The van der Waals surface area contributed by atoms with Crippen LogP contribution in [0.3, 0.4) is 0 Å². The standard InChI is InChI=1S/C15H25FN2O/c1-3-18(10-9-17)11-12-19-15-6-4-5-13(2)7-8-14(15)16/h4-6,8,13H,3,7,9-12,17H2,1-2H3/b5-4-,14-8?,15-6?. The van der Waals surface area contributed by atoms with E-state index in [4.69, 9.17) is 10.5 Å². The Hall–Kier alpha value is -1.13. The molecule has 0 saturated heterocycles. The quantitative estimate of drug-likeness (QED) is 0.771. The van der Waals surface area contributed by atoms with Crippen LogP contribution in [0.15, 0.2) is 35.9 Å². The van der Waals surface area contributed by atoms with E-state index in [1.807, 2.05) is 6.08 Å². The minimum absolute atomic E-state index is 0.266. The molecule has 0 aliphatic heterocycles. The van der Waals surface area contributed by atoms with Crippen LogP contribution in [0.5, 0.6) is 0 Å². The van der Waals surface area contributed by atoms with E-state index in [1.54, 1.807) is 12.2 Å². The lowest BCUT2D eigenvalue weighted by Gasteiger charge is -2.20. The SMILES string of the molecule is CCN(CCN)CCOC1=C/C=C\C(C)CC=C1F. The molecule has 1 aliphatic rings. The average Bonchev–Trinajstić information content (AvgIpc) is 2.40. The predicted molar refractivity (Wildman–Crippen MR) is 77.3 cm³/mol. The molecule has 0 aromatic rings. The molecule has 2 N–H and O–H groups in total. The zero-order chi connectivity index (χ0) is 14.1. The fourth-order valence-corrected chi connectivity index (χ4v) is 1.89. The van der Waals surface area contributed by atoms with Gasteiger partial charge in [-0.1, -0.05) is 26.0 Å². The van der Waals surface area contributed by atoms with Gasteiger partial charge in [0.2, 0.25) is 0 Å². The third-order valence-corrected chi connectivity index (χ3v) is 3.15. The minimum Gasteiger partial charge on any atom is -0.489 e. The summed E-state index contributed by atoms with van der Waals surface area (Å²) >= 11 is 0. The Morgan fingerprint density at radius 1 is 1.47 bits per heavy atom. The number of likely N-dealkylation sites (N-methyl/N-ethyl adjacent to an activating group) is 1. The summed E-state index contributed by atoms with van der Waals surface area (Å²) in [6.45, 7) is 7.78. The van der Waals surface area contributed by atoms with Crippen LogP contribution in [0.25, 0.3) is 0 Å². The average molecular weight is 268 g/mol. The molecule has 0 amide bonds. The Morgan fingerprint density at radius 2 is 2.26 bits per heavy atom. The maximum absolute atomic E-state index is 13.8. The van der Waals surface area contributed by atoms with Crippen molar-refractivity contribution in [1.29, 1.82) is 0 Å². The van der Waals surface area contributed by atoms with Crippen molar-refractivity contribution in [3.8, 4) is 0 Å². The van der Waals surface area contributed by atoms with Crippen molar-refractivity contribution < 1.29 is 9.13 Å². The number of halogens is 1. The van der Waals surface area contributed by atoms with Crippen LogP contribution in [0, 0.1) is 5.92 Å². The molecule has 1 rings (SSSR count). The molecule has 1 atom stereocenters. The van der Waals surface area contributed by atoms with Crippen LogP contribution >= 0.6 is 0 Å². The van der Waals surface area contributed by atoms with Crippen LogP contribution in [0.1, 0.15) is 20.3 Å². The summed E-state index contributed by atoms with van der Waals surface area (Å²) < 4.78 is 19.3. The van der Waals surface area contributed by atoms with Crippen molar-refractivity contribution in [1.82, 2.24) is 4.90 Å². The minimum atomic E-state index is -0.266. The maximum Gasteiger partial charge on any atom is 0.161 e. The first-order valence-corrected chi connectivity index (χ1v) is 6.97. The molecular weight excluding hydrogens is 243 g/mol. The van der Waals surface area contributed by atoms with Crippen molar-refractivity contribution in [2.24, 2.45) is 11.7 Å². The highest BCUT2D eigenvalue weighted by atomic mass is 19.1. The second-order valence-corrected chi connectivity index (χ2v) is 4.75. The molecule has 0 spiro atoms. The van der Waals surface area contributed by atoms with Crippen LogP contribution in [0.4, 0.5) is 4.39 Å². The smallest absolute Gasteiger partial charge is 0.161 e. The van der Waals surface area contributed by atoms with Crippen LogP contribution in [-0.4, -0.2) is 37.7 Å². The van der Waals surface area contributed by atoms with Gasteiger partial charge >= 0.3 is 0 Å². The van der Waals surface area contributed by atoms with E-state index >= 15 is 0 Å². The van der Waals surface area contributed by atoms with E-state index in [-0.39, 0.29) is 5.83 Å². The topological polar surface area (TPSA) is 38.5 Å². The molecule has 0 heterocycles. The second-order valence-electron chi connectivity index (χ2n) is 4.75. The molecule has 0 fully saturated rings. The number of ether oxygens (including phenoxy) is 1. The Bertz CT molecular complexity index is 350. The predicted octanol–water partition coefficient (Wildman–Crippen LogP) is 2.62. The Labute approximate surface area is 115 Å². The highest BCUT2D eigenvalue weighted by molar-refractivity contribution is 5.26. The van der Waals surface area contributed by atoms with E-state index in [0.717, 1.165) is 19.6 Å². The number of rotatable bonds is 7. The second kappa shape index (κ2) is 8.88. The third-order valence-electron chi connectivity index (χ3n) is 3.15. The first-order valence-electron chi connectivity index (χ1n) is 6.97. The fraction of sp³-hybridized carbons (Fsp3) is 0.600. The largest absolute Gasteiger partial charge is 0.489 e. The Kier molecular flexibility index (Phi) is 7.45. The van der Waals surface area contributed by atoms with E-state index in [9.17, 15) is 4.39 Å². The molecule has 4 heteroatoms. The van der Waals surface area contributed by atoms with Crippen LogP contribution in [-0.2, 0) is 4.74 Å². The van der Waals surface area contributed by atoms with Gasteiger partial charge in [-0.25, -0.2) is 4.39 Å². The van der Waals surface area contributed by atoms with E-state index in [2.05, 4.69) is 24.8 Å². The molecule has 0 aromatic carbocycles. The van der Waals surface area contributed by atoms with Gasteiger partial charge < -0.3 is 10.5 Å². The van der Waals surface area contributed by atoms with Gasteiger partial charge in [0.15, 0.2) is 11.6 Å². The molecule has 0 aromatic heterocycles. The third kappa shape index (κ3) is 6.03. The Morgan fingerprint density at radius 3 is 2.95 bits per heavy atom. The first-order chi connectivity index (χ1) is 9.17. The molecular formula is C15H25FN2O. The lowest BCUT2D eigenvalue weighted by molar-refractivity contribution is 0.161. The molecule has 1 unspecified atom stereocenters. The van der Waals surface area contributed by atoms with E-state index in [1.165, 1.54) is 0 Å². The van der Waals surface area contributed by atoms with Crippen molar-refractivity contribution in [3.63, 3.8) is 0 Å². The summed E-state index contributed by atoms with van der Waals surface area (Å²) in [4.78, 5) is 2.18. The molecule has 3 nitrogen and oxygen atoms in total. The van der Waals surface area contributed by atoms with Crippen molar-refractivity contribution in [2.45, 2.75) is 20.3 Å². The number of allylic oxidation sites excluding steroid dienone is 5. The molecule has 1 aliphatic carbocycles. The molecule has 0 saturated carbocycles. The molecule has 108 valence electrons. The summed E-state index contributed by atoms with van der Waals surface area (Å²) in [5.74, 6) is 0.425. The van der Waals surface area contributed by atoms with Gasteiger partial charge in [0.25, 0.3) is 0 Å². The van der Waals surface area contributed by atoms with Crippen molar-refractivity contribution >= 4 is 0 Å². The summed E-state index contributed by atoms with van der Waals surface area (Å²) in [7, 11) is 0. The molecule has 0 bridgehead atoms. The first kappa shape index (κ1) is 15.9. The van der Waals surface area contributed by atoms with Gasteiger partial charge in [-0.05, 0) is 31.0 Å². The molecule has 19 heavy (non-hydrogen) atoms. The van der Waals surface area contributed by atoms with Crippen molar-refractivity contribution in [2.75, 3.05) is 32.8 Å². The normalized spacial score (nSPS) is 21.4. The fourth-order valence-electron chi connectivity index (χ4n) is 1.89. The van der Waals surface area contributed by atoms with Crippen LogP contribution in [0.2, 0.25) is 0 Å². The van der Waals surface area contributed by atoms with Gasteiger partial charge in [-0.2, -0.15) is 0 Å². The number of hydrogen-bond acceptors (Lipinski definition) is 3. The zero-order valence-electron chi connectivity index (χ0n) is 11.9. The summed E-state index contributed by atoms with van der Waals surface area (Å²) in [6, 6.07) is 0. The van der Waals surface area contributed by atoms with E-state index in [0.29, 0.717) is 31.2 Å². The van der Waals surface area contributed by atoms with Gasteiger partial charge in [-0.15, -0.1) is 0 Å². The summed E-state index contributed by atoms with van der Waals surface area (Å²) in [6.07, 6.45) is 7.92. The maximum atomic E-state index is 13.8. The highest BCUT2D eigenvalue weighted by Crippen LogP contribution is 2.19. The molecule has 0 radical (unpaired) electrons. The van der Waals surface area contributed by atoms with Gasteiger partial charge in [0, 0.05) is 19.6 Å². The highest BCUT2D eigenvalue weighted by Gasteiger charge is 2.09. The van der Waals surface area contributed by atoms with Gasteiger partial charge in [-0.3, -0.25) is 4.90 Å². The van der Waals surface area contributed by atoms with Crippen molar-refractivity contribution in [3.05, 3.63) is 35.9 Å². The lowest BCUT2D eigenvalue weighted by Crippen LogP contribution is -2.32. The van der Waals surface area contributed by atoms with Gasteiger partial charge in [0.1, 0.15) is 6.61 Å². The summed E-state index contributed by atoms with van der Waals surface area (Å²) in [5.41, 5.74) is 5.52. The van der Waals surface area contributed by atoms with Gasteiger partial charge in [0.05, 0.1) is 0 Å². The lowest BCUT2D eigenvalue weighted by atomic mass is 10.1. The monoisotopic (exact) mass is 268 g/mol. The number of nitrogens with two attached hydrogens (primary N) is 1. The summed E-state index contributed by atoms with van der Waals surface area (Å²) in [5, 5.41) is 0. The van der Waals surface area contributed by atoms with E-state index < -0.39 is 0 Å².